The molecule has 1 unspecified atom stereocenters. The first-order chi connectivity index (χ1) is 14.3. The van der Waals surface area contributed by atoms with Gasteiger partial charge in [-0.3, -0.25) is 4.79 Å². The van der Waals surface area contributed by atoms with Gasteiger partial charge in [0.2, 0.25) is 15.9 Å². The summed E-state index contributed by atoms with van der Waals surface area (Å²) in [7, 11) is -3.68. The molecule has 0 aromatic heterocycles. The van der Waals surface area contributed by atoms with Gasteiger partial charge in [0.1, 0.15) is 11.9 Å². The minimum Gasteiger partial charge on any atom is -0.487 e. The number of carbonyl (C=O) groups is 1. The van der Waals surface area contributed by atoms with E-state index in [0.29, 0.717) is 49.2 Å². The number of carbonyl (C=O) groups excluding carboxylic acids is 1. The number of amides is 1. The van der Waals surface area contributed by atoms with Crippen LogP contribution in [0.4, 0.5) is 11.4 Å². The third-order valence-corrected chi connectivity index (χ3v) is 7.55. The zero-order valence-electron chi connectivity index (χ0n) is 16.9. The van der Waals surface area contributed by atoms with Gasteiger partial charge in [0, 0.05) is 43.8 Å². The number of benzene rings is 2. The van der Waals surface area contributed by atoms with Crippen molar-refractivity contribution in [1.29, 1.82) is 0 Å². The van der Waals surface area contributed by atoms with E-state index in [1.807, 2.05) is 31.2 Å². The first-order valence-corrected chi connectivity index (χ1v) is 11.7. The Hall–Kier alpha value is -2.29. The molecule has 0 radical (unpaired) electrons. The fourth-order valence-corrected chi connectivity index (χ4v) is 5.51. The number of hydrogen-bond donors (Lipinski definition) is 0. The van der Waals surface area contributed by atoms with Gasteiger partial charge in [0.05, 0.1) is 17.1 Å². The molecule has 4 rings (SSSR count). The van der Waals surface area contributed by atoms with Crippen molar-refractivity contribution in [2.45, 2.75) is 24.8 Å². The summed E-state index contributed by atoms with van der Waals surface area (Å²) in [4.78, 5) is 15.9. The number of hydrogen-bond acceptors (Lipinski definition) is 5. The summed E-state index contributed by atoms with van der Waals surface area (Å²) < 4.78 is 33.8. The Morgan fingerprint density at radius 2 is 1.83 bits per heavy atom. The van der Waals surface area contributed by atoms with Crippen LogP contribution in [0.2, 0.25) is 5.02 Å². The SMILES string of the molecule is CC(=O)N1CC(C)Oc2ccc(S(=O)(=O)N3CCN(c4cccc(Cl)c4)CC3)cc21. The Balaban J connectivity index is 1.55. The van der Waals surface area contributed by atoms with Gasteiger partial charge in [-0.05, 0) is 43.3 Å². The number of nitrogens with zero attached hydrogens (tertiary/aromatic N) is 3. The zero-order chi connectivity index (χ0) is 21.5. The van der Waals surface area contributed by atoms with Gasteiger partial charge in [-0.15, -0.1) is 0 Å². The van der Waals surface area contributed by atoms with Crippen molar-refractivity contribution < 1.29 is 17.9 Å². The minimum atomic E-state index is -3.68. The molecule has 2 aliphatic heterocycles. The maximum atomic E-state index is 13.3. The molecule has 0 bridgehead atoms. The van der Waals surface area contributed by atoms with E-state index in [4.69, 9.17) is 16.3 Å². The Morgan fingerprint density at radius 1 is 1.10 bits per heavy atom. The second-order valence-electron chi connectivity index (χ2n) is 7.56. The molecule has 2 aromatic rings. The highest BCUT2D eigenvalue weighted by Gasteiger charge is 2.32. The predicted octanol–water partition coefficient (Wildman–Crippen LogP) is 2.98. The Bertz CT molecular complexity index is 1070. The molecule has 1 saturated heterocycles. The first kappa shape index (κ1) is 21.0. The van der Waals surface area contributed by atoms with Crippen LogP contribution in [0.5, 0.6) is 5.75 Å². The lowest BCUT2D eigenvalue weighted by Crippen LogP contribution is -2.48. The summed E-state index contributed by atoms with van der Waals surface area (Å²) in [6, 6.07) is 12.3. The lowest BCUT2D eigenvalue weighted by atomic mass is 10.2. The highest BCUT2D eigenvalue weighted by Crippen LogP contribution is 2.36. The summed E-state index contributed by atoms with van der Waals surface area (Å²) in [6.07, 6.45) is -0.150. The standard InChI is InChI=1S/C21H24ClN3O4S/c1-15-14-25(16(2)26)20-13-19(6-7-21(20)29-15)30(27,28)24-10-8-23(9-11-24)18-5-3-4-17(22)12-18/h3-7,12-13,15H,8-11,14H2,1-2H3. The van der Waals surface area contributed by atoms with Gasteiger partial charge in [0.25, 0.3) is 0 Å². The van der Waals surface area contributed by atoms with Crippen LogP contribution in [0.15, 0.2) is 47.4 Å². The quantitative estimate of drug-likeness (QED) is 0.720. The van der Waals surface area contributed by atoms with E-state index in [9.17, 15) is 13.2 Å². The molecule has 30 heavy (non-hydrogen) atoms. The molecule has 160 valence electrons. The van der Waals surface area contributed by atoms with E-state index >= 15 is 0 Å². The number of anilines is 2. The van der Waals surface area contributed by atoms with Gasteiger partial charge in [-0.1, -0.05) is 17.7 Å². The second kappa shape index (κ2) is 8.09. The van der Waals surface area contributed by atoms with E-state index in [1.165, 1.54) is 11.2 Å². The third-order valence-electron chi connectivity index (χ3n) is 5.42. The second-order valence-corrected chi connectivity index (χ2v) is 9.93. The van der Waals surface area contributed by atoms with E-state index in [-0.39, 0.29) is 16.9 Å². The zero-order valence-corrected chi connectivity index (χ0v) is 18.5. The average Bonchev–Trinajstić information content (AvgIpc) is 2.72. The van der Waals surface area contributed by atoms with Crippen LogP contribution in [0.1, 0.15) is 13.8 Å². The number of fused-ring (bicyclic) bond motifs is 1. The Labute approximate surface area is 181 Å². The number of halogens is 1. The van der Waals surface area contributed by atoms with Gasteiger partial charge in [0.15, 0.2) is 0 Å². The lowest BCUT2D eigenvalue weighted by molar-refractivity contribution is -0.117. The number of ether oxygens (including phenoxy) is 1. The highest BCUT2D eigenvalue weighted by molar-refractivity contribution is 7.89. The van der Waals surface area contributed by atoms with E-state index in [1.54, 1.807) is 23.1 Å². The number of rotatable bonds is 3. The first-order valence-electron chi connectivity index (χ1n) is 9.85. The lowest BCUT2D eigenvalue weighted by Gasteiger charge is -2.36. The van der Waals surface area contributed by atoms with Crippen LogP contribution in [0.25, 0.3) is 0 Å². The maximum Gasteiger partial charge on any atom is 0.243 e. The van der Waals surface area contributed by atoms with Crippen molar-refractivity contribution in [2.75, 3.05) is 42.5 Å². The van der Waals surface area contributed by atoms with Crippen LogP contribution in [-0.2, 0) is 14.8 Å². The molecule has 1 amide bonds. The fraction of sp³-hybridized carbons (Fsp3) is 0.381. The topological polar surface area (TPSA) is 70.2 Å². The van der Waals surface area contributed by atoms with Crippen molar-refractivity contribution in [3.63, 3.8) is 0 Å². The molecular weight excluding hydrogens is 426 g/mol. The van der Waals surface area contributed by atoms with Gasteiger partial charge in [-0.25, -0.2) is 8.42 Å². The minimum absolute atomic E-state index is 0.143. The summed E-state index contributed by atoms with van der Waals surface area (Å²) in [5.74, 6) is 0.379. The number of piperazine rings is 1. The molecule has 1 atom stereocenters. The summed E-state index contributed by atoms with van der Waals surface area (Å²) in [5.41, 5.74) is 1.48. The molecule has 9 heteroatoms. The molecule has 1 fully saturated rings. The Kier molecular flexibility index (Phi) is 5.65. The van der Waals surface area contributed by atoms with E-state index < -0.39 is 10.0 Å². The number of sulfonamides is 1. The van der Waals surface area contributed by atoms with Crippen molar-refractivity contribution in [1.82, 2.24) is 4.31 Å². The van der Waals surface area contributed by atoms with Crippen LogP contribution >= 0.6 is 11.6 Å². The normalized spacial score (nSPS) is 19.9. The van der Waals surface area contributed by atoms with Crippen LogP contribution in [0, 0.1) is 0 Å². The smallest absolute Gasteiger partial charge is 0.243 e. The van der Waals surface area contributed by atoms with E-state index in [0.717, 1.165) is 5.69 Å². The van der Waals surface area contributed by atoms with Crippen molar-refractivity contribution in [3.8, 4) is 5.75 Å². The summed E-state index contributed by atoms with van der Waals surface area (Å²) in [6.45, 7) is 5.63. The monoisotopic (exact) mass is 449 g/mol. The van der Waals surface area contributed by atoms with E-state index in [2.05, 4.69) is 4.90 Å². The average molecular weight is 450 g/mol. The van der Waals surface area contributed by atoms with Crippen molar-refractivity contribution >= 4 is 38.9 Å². The largest absolute Gasteiger partial charge is 0.487 e. The van der Waals surface area contributed by atoms with Crippen LogP contribution < -0.4 is 14.5 Å². The Morgan fingerprint density at radius 3 is 2.50 bits per heavy atom. The maximum absolute atomic E-state index is 13.3. The summed E-state index contributed by atoms with van der Waals surface area (Å²) in [5, 5.41) is 0.656. The predicted molar refractivity (Wildman–Crippen MR) is 117 cm³/mol. The molecule has 7 nitrogen and oxygen atoms in total. The fourth-order valence-electron chi connectivity index (χ4n) is 3.88. The molecular formula is C21H24ClN3O4S. The van der Waals surface area contributed by atoms with Crippen molar-refractivity contribution in [3.05, 3.63) is 47.5 Å². The van der Waals surface area contributed by atoms with Gasteiger partial charge in [-0.2, -0.15) is 4.31 Å². The van der Waals surface area contributed by atoms with Gasteiger partial charge >= 0.3 is 0 Å². The van der Waals surface area contributed by atoms with Gasteiger partial charge < -0.3 is 14.5 Å². The highest BCUT2D eigenvalue weighted by atomic mass is 35.5. The van der Waals surface area contributed by atoms with Crippen LogP contribution in [-0.4, -0.2) is 57.5 Å². The molecule has 2 aliphatic rings. The summed E-state index contributed by atoms with van der Waals surface area (Å²) >= 11 is 6.08. The third kappa shape index (κ3) is 3.99. The van der Waals surface area contributed by atoms with Crippen LogP contribution in [0.3, 0.4) is 0 Å². The molecule has 2 aromatic carbocycles. The molecule has 0 aliphatic carbocycles. The molecule has 2 heterocycles. The molecule has 0 spiro atoms. The molecule has 0 N–H and O–H groups in total. The molecule has 0 saturated carbocycles. The van der Waals surface area contributed by atoms with Crippen molar-refractivity contribution in [2.24, 2.45) is 0 Å².